The van der Waals surface area contributed by atoms with E-state index in [0.29, 0.717) is 16.8 Å². The summed E-state index contributed by atoms with van der Waals surface area (Å²) >= 11 is 0. The highest BCUT2D eigenvalue weighted by Gasteiger charge is 2.34. The van der Waals surface area contributed by atoms with Crippen LogP contribution < -0.4 is 9.64 Å². The van der Waals surface area contributed by atoms with Crippen LogP contribution in [0.4, 0.5) is 6.01 Å². The van der Waals surface area contributed by atoms with Crippen molar-refractivity contribution >= 4 is 15.9 Å². The van der Waals surface area contributed by atoms with Crippen LogP contribution in [-0.4, -0.2) is 49.0 Å². The van der Waals surface area contributed by atoms with E-state index < -0.39 is 9.84 Å². The molecule has 0 saturated carbocycles. The zero-order chi connectivity index (χ0) is 23.9. The normalized spacial score (nSPS) is 18.7. The summed E-state index contributed by atoms with van der Waals surface area (Å²) in [5, 5.41) is 4.07. The average molecular weight is 483 g/mol. The number of aromatic nitrogens is 3. The zero-order valence-electron chi connectivity index (χ0n) is 19.8. The van der Waals surface area contributed by atoms with Crippen LogP contribution in [0.25, 0.3) is 11.3 Å². The molecular formula is C25H30N4O4S. The number of fused-ring (bicyclic) bond motifs is 1. The maximum atomic E-state index is 11.9. The molecule has 4 heterocycles. The lowest BCUT2D eigenvalue weighted by atomic mass is 9.89. The molecule has 0 radical (unpaired) electrons. The first-order chi connectivity index (χ1) is 16.3. The summed E-state index contributed by atoms with van der Waals surface area (Å²) in [6, 6.07) is 7.91. The number of rotatable bonds is 6. The van der Waals surface area contributed by atoms with Gasteiger partial charge in [-0.1, -0.05) is 18.1 Å². The molecule has 2 aromatic heterocycles. The fourth-order valence-electron chi connectivity index (χ4n) is 4.90. The third-order valence-electron chi connectivity index (χ3n) is 6.82. The second-order valence-electron chi connectivity index (χ2n) is 9.35. The average Bonchev–Trinajstić information content (AvgIpc) is 3.45. The van der Waals surface area contributed by atoms with E-state index in [1.54, 1.807) is 18.3 Å². The molecule has 8 nitrogen and oxygen atoms in total. The molecule has 1 unspecified atom stereocenters. The fourth-order valence-corrected chi connectivity index (χ4v) is 5.60. The van der Waals surface area contributed by atoms with E-state index in [-0.39, 0.29) is 6.10 Å². The summed E-state index contributed by atoms with van der Waals surface area (Å²) < 4.78 is 35.5. The number of sulfone groups is 1. The second kappa shape index (κ2) is 9.02. The number of piperidine rings is 1. The van der Waals surface area contributed by atoms with E-state index in [1.165, 1.54) is 6.26 Å². The monoisotopic (exact) mass is 482 g/mol. The standard InChI is InChI=1S/C25H30N4O4S/c1-4-5-24-27-25(33-28-24)29-10-8-17(9-11-29)22-14-18-13-21(26-15-23(18)32-22)20-7-6-19(12-16(20)2)34(3,30)31/h6-7,12-13,15,17,22H,4-5,8-11,14H2,1-3H3. The molecule has 5 rings (SSSR count). The number of pyridine rings is 1. The van der Waals surface area contributed by atoms with Gasteiger partial charge in [-0.25, -0.2) is 8.42 Å². The summed E-state index contributed by atoms with van der Waals surface area (Å²) in [7, 11) is -3.23. The van der Waals surface area contributed by atoms with Gasteiger partial charge in [-0.05, 0) is 55.9 Å². The third-order valence-corrected chi connectivity index (χ3v) is 7.93. The maximum Gasteiger partial charge on any atom is 0.324 e. The molecular weight excluding hydrogens is 452 g/mol. The van der Waals surface area contributed by atoms with Gasteiger partial charge in [-0.2, -0.15) is 4.98 Å². The molecule has 0 aliphatic carbocycles. The largest absolute Gasteiger partial charge is 0.488 e. The highest BCUT2D eigenvalue weighted by Crippen LogP contribution is 2.37. The number of aryl methyl sites for hydroxylation is 2. The molecule has 1 aromatic carbocycles. The van der Waals surface area contributed by atoms with Crippen molar-refractivity contribution in [2.75, 3.05) is 24.2 Å². The van der Waals surface area contributed by atoms with E-state index >= 15 is 0 Å². The van der Waals surface area contributed by atoms with Crippen molar-refractivity contribution in [1.29, 1.82) is 0 Å². The van der Waals surface area contributed by atoms with Crippen molar-refractivity contribution in [1.82, 2.24) is 15.1 Å². The van der Waals surface area contributed by atoms with E-state index in [4.69, 9.17) is 9.26 Å². The van der Waals surface area contributed by atoms with E-state index in [0.717, 1.165) is 79.2 Å². The Morgan fingerprint density at radius 2 is 1.97 bits per heavy atom. The van der Waals surface area contributed by atoms with Crippen LogP contribution in [0.5, 0.6) is 5.75 Å². The molecule has 180 valence electrons. The lowest BCUT2D eigenvalue weighted by molar-refractivity contribution is 0.137. The van der Waals surface area contributed by atoms with Crippen LogP contribution in [0, 0.1) is 12.8 Å². The highest BCUT2D eigenvalue weighted by atomic mass is 32.2. The lowest BCUT2D eigenvalue weighted by Crippen LogP contribution is -2.39. The molecule has 0 spiro atoms. The van der Waals surface area contributed by atoms with Gasteiger partial charge in [0.2, 0.25) is 0 Å². The van der Waals surface area contributed by atoms with Crippen LogP contribution in [0.3, 0.4) is 0 Å². The number of ether oxygens (including phenoxy) is 1. The molecule has 9 heteroatoms. The first-order valence-corrected chi connectivity index (χ1v) is 13.7. The first kappa shape index (κ1) is 22.8. The van der Waals surface area contributed by atoms with Crippen LogP contribution >= 0.6 is 0 Å². The van der Waals surface area contributed by atoms with Crippen LogP contribution in [0.1, 0.15) is 43.1 Å². The van der Waals surface area contributed by atoms with Gasteiger partial charge in [0.15, 0.2) is 15.7 Å². The number of hydrogen-bond acceptors (Lipinski definition) is 8. The molecule has 2 aliphatic rings. The molecule has 34 heavy (non-hydrogen) atoms. The molecule has 1 atom stereocenters. The quantitative estimate of drug-likeness (QED) is 0.520. The van der Waals surface area contributed by atoms with Gasteiger partial charge < -0.3 is 14.2 Å². The van der Waals surface area contributed by atoms with Crippen LogP contribution in [0.2, 0.25) is 0 Å². The van der Waals surface area contributed by atoms with Crippen molar-refractivity contribution in [3.8, 4) is 17.0 Å². The Morgan fingerprint density at radius 1 is 1.18 bits per heavy atom. The van der Waals surface area contributed by atoms with Crippen molar-refractivity contribution in [2.45, 2.75) is 57.0 Å². The van der Waals surface area contributed by atoms with Crippen molar-refractivity contribution in [3.05, 3.63) is 47.4 Å². The maximum absolute atomic E-state index is 11.9. The summed E-state index contributed by atoms with van der Waals surface area (Å²) in [4.78, 5) is 11.6. The molecule has 0 bridgehead atoms. The lowest BCUT2D eigenvalue weighted by Gasteiger charge is -2.33. The predicted octanol–water partition coefficient (Wildman–Crippen LogP) is 4.02. The van der Waals surface area contributed by atoms with E-state index in [2.05, 4.69) is 33.0 Å². The summed E-state index contributed by atoms with van der Waals surface area (Å²) in [5.41, 5.74) is 3.83. The Bertz CT molecular complexity index is 1300. The Labute approximate surface area is 200 Å². The minimum absolute atomic E-state index is 0.140. The molecule has 0 N–H and O–H groups in total. The van der Waals surface area contributed by atoms with Crippen molar-refractivity contribution in [2.24, 2.45) is 5.92 Å². The summed E-state index contributed by atoms with van der Waals surface area (Å²) in [5.74, 6) is 2.09. The van der Waals surface area contributed by atoms with Gasteiger partial charge in [-0.3, -0.25) is 4.98 Å². The van der Waals surface area contributed by atoms with E-state index in [9.17, 15) is 8.42 Å². The minimum Gasteiger partial charge on any atom is -0.488 e. The number of hydrogen-bond donors (Lipinski definition) is 0. The molecule has 1 saturated heterocycles. The summed E-state index contributed by atoms with van der Waals surface area (Å²) in [6.07, 6.45) is 7.89. The number of anilines is 1. The second-order valence-corrected chi connectivity index (χ2v) is 11.4. The number of nitrogens with zero attached hydrogens (tertiary/aromatic N) is 4. The van der Waals surface area contributed by atoms with Gasteiger partial charge in [-0.15, -0.1) is 0 Å². The number of benzene rings is 1. The first-order valence-electron chi connectivity index (χ1n) is 11.9. The SMILES string of the molecule is CCCc1noc(N2CCC(C3Cc4cc(-c5ccc(S(C)(=O)=O)cc5C)ncc4O3)CC2)n1. The molecule has 2 aliphatic heterocycles. The van der Waals surface area contributed by atoms with Crippen molar-refractivity contribution in [3.63, 3.8) is 0 Å². The molecule has 0 amide bonds. The Morgan fingerprint density at radius 3 is 2.68 bits per heavy atom. The Kier molecular flexibility index (Phi) is 6.06. The van der Waals surface area contributed by atoms with Gasteiger partial charge in [0, 0.05) is 43.3 Å². The Hall–Kier alpha value is -2.94. The predicted molar refractivity (Wildman–Crippen MR) is 129 cm³/mol. The van der Waals surface area contributed by atoms with Crippen molar-refractivity contribution < 1.29 is 17.7 Å². The topological polar surface area (TPSA) is 98.4 Å². The zero-order valence-corrected chi connectivity index (χ0v) is 20.6. The minimum atomic E-state index is -3.23. The van der Waals surface area contributed by atoms with Gasteiger partial charge in [0.1, 0.15) is 11.9 Å². The highest BCUT2D eigenvalue weighted by molar-refractivity contribution is 7.90. The molecule has 1 fully saturated rings. The van der Waals surface area contributed by atoms with Crippen LogP contribution in [0.15, 0.2) is 39.9 Å². The van der Waals surface area contributed by atoms with Gasteiger partial charge >= 0.3 is 6.01 Å². The van der Waals surface area contributed by atoms with E-state index in [1.807, 2.05) is 13.0 Å². The van der Waals surface area contributed by atoms with Gasteiger partial charge in [0.25, 0.3) is 0 Å². The van der Waals surface area contributed by atoms with Crippen LogP contribution in [-0.2, 0) is 22.7 Å². The fraction of sp³-hybridized carbons (Fsp3) is 0.480. The Balaban J connectivity index is 1.24. The smallest absolute Gasteiger partial charge is 0.324 e. The third kappa shape index (κ3) is 4.53. The summed E-state index contributed by atoms with van der Waals surface area (Å²) in [6.45, 7) is 5.78. The molecule has 3 aromatic rings. The van der Waals surface area contributed by atoms with Gasteiger partial charge in [0.05, 0.1) is 16.8 Å².